The van der Waals surface area contributed by atoms with Crippen molar-refractivity contribution in [3.63, 3.8) is 0 Å². The molecule has 0 unspecified atom stereocenters. The van der Waals surface area contributed by atoms with Gasteiger partial charge in [0, 0.05) is 25.3 Å². The van der Waals surface area contributed by atoms with Crippen LogP contribution in [-0.4, -0.2) is 67.9 Å². The molecule has 0 spiro atoms. The number of aliphatic hydroxyl groups excluding tert-OH is 1. The van der Waals surface area contributed by atoms with Crippen LogP contribution in [0.3, 0.4) is 0 Å². The van der Waals surface area contributed by atoms with Crippen molar-refractivity contribution in [2.75, 3.05) is 19.6 Å². The summed E-state index contributed by atoms with van der Waals surface area (Å²) >= 11 is 6.68. The van der Waals surface area contributed by atoms with Crippen LogP contribution in [0.5, 0.6) is 0 Å². The molecule has 5 rings (SSSR count). The van der Waals surface area contributed by atoms with E-state index in [1.807, 2.05) is 15.5 Å². The summed E-state index contributed by atoms with van der Waals surface area (Å²) in [5, 5.41) is 10.1. The average Bonchev–Trinajstić information content (AvgIpc) is 3.57. The maximum absolute atomic E-state index is 13.3. The molecule has 2 amide bonds. The summed E-state index contributed by atoms with van der Waals surface area (Å²) in [6.07, 6.45) is 7.25. The van der Waals surface area contributed by atoms with E-state index in [0.717, 1.165) is 36.9 Å². The second-order valence-electron chi connectivity index (χ2n) is 9.88. The zero-order valence-corrected chi connectivity index (χ0v) is 19.5. The van der Waals surface area contributed by atoms with Gasteiger partial charge < -0.3 is 14.9 Å². The van der Waals surface area contributed by atoms with Crippen LogP contribution < -0.4 is 0 Å². The molecule has 172 valence electrons. The highest BCUT2D eigenvalue weighted by atomic mass is 35.5. The molecular formula is C24H31ClN4O3. The fourth-order valence-corrected chi connectivity index (χ4v) is 5.38. The molecule has 3 heterocycles. The van der Waals surface area contributed by atoms with E-state index < -0.39 is 0 Å². The standard InChI is InChI=1S/C24H31ClN4O3/c1-14(2)19-11-16(15-3-4-15)12-29-22(25)21(26-23(19)29)24(32)27-9-10-28(20(31)13-27)17-5-7-18(30)8-6-17/h11-12,14-15,17-18,30H,3-10,13H2,1-2H3. The lowest BCUT2D eigenvalue weighted by Gasteiger charge is -2.41. The minimum atomic E-state index is -0.284. The van der Waals surface area contributed by atoms with Crippen molar-refractivity contribution in [1.82, 2.24) is 19.2 Å². The number of aromatic nitrogens is 2. The minimum absolute atomic E-state index is 0.0373. The normalized spacial score (nSPS) is 24.6. The number of halogens is 1. The topological polar surface area (TPSA) is 78.1 Å². The number of rotatable bonds is 4. The predicted octanol–water partition coefficient (Wildman–Crippen LogP) is 3.58. The molecule has 2 aromatic heterocycles. The number of carbonyl (C=O) groups is 2. The second kappa shape index (κ2) is 8.34. The van der Waals surface area contributed by atoms with E-state index >= 15 is 0 Å². The summed E-state index contributed by atoms with van der Waals surface area (Å²) in [6, 6.07) is 2.37. The number of carbonyl (C=O) groups excluding carboxylic acids is 2. The third kappa shape index (κ3) is 3.90. The van der Waals surface area contributed by atoms with E-state index in [1.165, 1.54) is 18.4 Å². The van der Waals surface area contributed by atoms with Crippen molar-refractivity contribution in [2.45, 2.75) is 76.4 Å². The molecular weight excluding hydrogens is 428 g/mol. The van der Waals surface area contributed by atoms with Crippen LogP contribution in [0.4, 0.5) is 0 Å². The number of pyridine rings is 1. The van der Waals surface area contributed by atoms with Gasteiger partial charge in [-0.3, -0.25) is 14.0 Å². The van der Waals surface area contributed by atoms with Crippen LogP contribution in [0, 0.1) is 0 Å². The highest BCUT2D eigenvalue weighted by Gasteiger charge is 2.35. The molecule has 0 bridgehead atoms. The number of amides is 2. The van der Waals surface area contributed by atoms with Gasteiger partial charge in [-0.05, 0) is 61.5 Å². The molecule has 2 saturated carbocycles. The molecule has 1 aliphatic heterocycles. The number of piperazine rings is 1. The lowest BCUT2D eigenvalue weighted by molar-refractivity contribution is -0.138. The molecule has 3 aliphatic rings. The number of fused-ring (bicyclic) bond motifs is 1. The van der Waals surface area contributed by atoms with E-state index in [1.54, 1.807) is 4.90 Å². The largest absolute Gasteiger partial charge is 0.393 e. The Morgan fingerprint density at radius 1 is 1.16 bits per heavy atom. The zero-order valence-electron chi connectivity index (χ0n) is 18.8. The SMILES string of the molecule is CC(C)c1cc(C2CC2)cn2c(Cl)c(C(=O)N3CCN(C4CCC(O)CC4)C(=O)C3)nc12. The van der Waals surface area contributed by atoms with E-state index in [0.29, 0.717) is 24.2 Å². The number of imidazole rings is 1. The fourth-order valence-electron chi connectivity index (χ4n) is 5.13. The molecule has 2 aliphatic carbocycles. The zero-order chi connectivity index (χ0) is 22.6. The average molecular weight is 459 g/mol. The number of hydrogen-bond acceptors (Lipinski definition) is 4. The number of aliphatic hydroxyl groups is 1. The van der Waals surface area contributed by atoms with Crippen LogP contribution in [0.1, 0.15) is 85.8 Å². The first-order valence-corrected chi connectivity index (χ1v) is 12.2. The van der Waals surface area contributed by atoms with E-state index in [9.17, 15) is 14.7 Å². The summed E-state index contributed by atoms with van der Waals surface area (Å²) in [7, 11) is 0. The fraction of sp³-hybridized carbons (Fsp3) is 0.625. The van der Waals surface area contributed by atoms with E-state index in [-0.39, 0.29) is 42.1 Å². The maximum atomic E-state index is 13.3. The predicted molar refractivity (Wildman–Crippen MR) is 122 cm³/mol. The molecule has 1 saturated heterocycles. The maximum Gasteiger partial charge on any atom is 0.276 e. The van der Waals surface area contributed by atoms with Gasteiger partial charge in [-0.1, -0.05) is 31.5 Å². The first-order valence-electron chi connectivity index (χ1n) is 11.8. The van der Waals surface area contributed by atoms with Gasteiger partial charge in [-0.15, -0.1) is 0 Å². The van der Waals surface area contributed by atoms with Crippen molar-refractivity contribution in [3.05, 3.63) is 34.2 Å². The van der Waals surface area contributed by atoms with E-state index in [4.69, 9.17) is 11.6 Å². The first-order chi connectivity index (χ1) is 15.3. The van der Waals surface area contributed by atoms with Gasteiger partial charge in [0.15, 0.2) is 5.69 Å². The molecule has 2 aromatic rings. The Hall–Kier alpha value is -2.12. The Morgan fingerprint density at radius 3 is 2.50 bits per heavy atom. The van der Waals surface area contributed by atoms with Crippen molar-refractivity contribution >= 4 is 29.1 Å². The Kier molecular flexibility index (Phi) is 5.66. The van der Waals surface area contributed by atoms with Gasteiger partial charge in [0.25, 0.3) is 5.91 Å². The molecule has 0 aromatic carbocycles. The summed E-state index contributed by atoms with van der Waals surface area (Å²) in [4.78, 5) is 34.3. The second-order valence-corrected chi connectivity index (χ2v) is 10.2. The summed E-state index contributed by atoms with van der Waals surface area (Å²) in [5.41, 5.74) is 3.30. The highest BCUT2D eigenvalue weighted by Crippen LogP contribution is 2.42. The van der Waals surface area contributed by atoms with Gasteiger partial charge in [0.05, 0.1) is 6.10 Å². The van der Waals surface area contributed by atoms with Crippen molar-refractivity contribution in [2.24, 2.45) is 0 Å². The molecule has 8 heteroatoms. The summed E-state index contributed by atoms with van der Waals surface area (Å²) in [5.74, 6) is 0.510. The van der Waals surface area contributed by atoms with Gasteiger partial charge in [0.2, 0.25) is 5.91 Å². The third-order valence-electron chi connectivity index (χ3n) is 7.24. The van der Waals surface area contributed by atoms with Crippen LogP contribution in [0.25, 0.3) is 5.65 Å². The molecule has 0 radical (unpaired) electrons. The van der Waals surface area contributed by atoms with Crippen molar-refractivity contribution < 1.29 is 14.7 Å². The summed E-state index contributed by atoms with van der Waals surface area (Å²) < 4.78 is 1.85. The molecule has 3 fully saturated rings. The monoisotopic (exact) mass is 458 g/mol. The third-order valence-corrected chi connectivity index (χ3v) is 7.60. The smallest absolute Gasteiger partial charge is 0.276 e. The van der Waals surface area contributed by atoms with Crippen LogP contribution in [0.15, 0.2) is 12.3 Å². The van der Waals surface area contributed by atoms with Gasteiger partial charge >= 0.3 is 0 Å². The Balaban J connectivity index is 1.38. The van der Waals surface area contributed by atoms with Crippen molar-refractivity contribution in [3.8, 4) is 0 Å². The minimum Gasteiger partial charge on any atom is -0.393 e. The molecule has 32 heavy (non-hydrogen) atoms. The molecule has 0 atom stereocenters. The lowest BCUT2D eigenvalue weighted by Crippen LogP contribution is -2.56. The number of hydrogen-bond donors (Lipinski definition) is 1. The van der Waals surface area contributed by atoms with Gasteiger partial charge in [0.1, 0.15) is 17.3 Å². The quantitative estimate of drug-likeness (QED) is 0.759. The molecule has 7 nitrogen and oxygen atoms in total. The first kappa shape index (κ1) is 21.7. The van der Waals surface area contributed by atoms with Crippen LogP contribution >= 0.6 is 11.6 Å². The van der Waals surface area contributed by atoms with Crippen molar-refractivity contribution in [1.29, 1.82) is 0 Å². The van der Waals surface area contributed by atoms with Crippen LogP contribution in [0.2, 0.25) is 5.15 Å². The Morgan fingerprint density at radius 2 is 1.88 bits per heavy atom. The lowest BCUT2D eigenvalue weighted by atomic mass is 9.91. The van der Waals surface area contributed by atoms with Gasteiger partial charge in [-0.2, -0.15) is 0 Å². The van der Waals surface area contributed by atoms with Gasteiger partial charge in [-0.25, -0.2) is 4.98 Å². The Bertz CT molecular complexity index is 1050. The number of nitrogens with zero attached hydrogens (tertiary/aromatic N) is 4. The van der Waals surface area contributed by atoms with Crippen LogP contribution in [-0.2, 0) is 4.79 Å². The summed E-state index contributed by atoms with van der Waals surface area (Å²) in [6.45, 7) is 5.28. The molecule has 1 N–H and O–H groups in total. The Labute approximate surface area is 193 Å². The highest BCUT2D eigenvalue weighted by molar-refractivity contribution is 6.33. The van der Waals surface area contributed by atoms with E-state index in [2.05, 4.69) is 24.9 Å².